The number of ether oxygens (including phenoxy) is 2. The van der Waals surface area contributed by atoms with Gasteiger partial charge in [0.05, 0.1) is 29.4 Å². The standard InChI is InChI=1S/C19H19BrClN5O4/c1-29-15-8-16(30-2)13(21)7-11(15)14-10-26-9-12(20)17(23-18(26)22-14)24-3-5-25(6-4-24)19(27)28/h7-10H,3-6H2,1-2H3,(H,27,28). The van der Waals surface area contributed by atoms with E-state index in [1.165, 1.54) is 4.90 Å². The molecule has 3 aromatic rings. The van der Waals surface area contributed by atoms with E-state index in [2.05, 4.69) is 20.9 Å². The molecule has 9 nitrogen and oxygen atoms in total. The van der Waals surface area contributed by atoms with Crippen LogP contribution < -0.4 is 14.4 Å². The lowest BCUT2D eigenvalue weighted by Crippen LogP contribution is -2.48. The molecule has 158 valence electrons. The SMILES string of the molecule is COc1cc(OC)c(-c2cn3cc(Br)c(N4CCN(C(=O)O)CC4)nc3n2)cc1Cl. The number of fused-ring (bicyclic) bond motifs is 1. The molecule has 0 radical (unpaired) electrons. The minimum atomic E-state index is -0.901. The predicted molar refractivity (Wildman–Crippen MR) is 116 cm³/mol. The number of rotatable bonds is 4. The van der Waals surface area contributed by atoms with Crippen LogP contribution in [0.5, 0.6) is 11.5 Å². The van der Waals surface area contributed by atoms with Gasteiger partial charge < -0.3 is 24.4 Å². The molecule has 0 atom stereocenters. The molecule has 11 heteroatoms. The number of benzene rings is 1. The maximum atomic E-state index is 11.1. The van der Waals surface area contributed by atoms with Crippen LogP contribution in [-0.4, -0.2) is 70.9 Å². The highest BCUT2D eigenvalue weighted by molar-refractivity contribution is 9.10. The summed E-state index contributed by atoms with van der Waals surface area (Å²) in [7, 11) is 3.12. The smallest absolute Gasteiger partial charge is 0.407 e. The fourth-order valence-corrected chi connectivity index (χ4v) is 4.21. The Labute approximate surface area is 185 Å². The molecule has 2 aromatic heterocycles. The lowest BCUT2D eigenvalue weighted by atomic mass is 10.1. The molecule has 1 fully saturated rings. The van der Waals surface area contributed by atoms with Crippen molar-refractivity contribution in [1.82, 2.24) is 19.3 Å². The molecule has 3 heterocycles. The predicted octanol–water partition coefficient (Wildman–Crippen LogP) is 3.63. The summed E-state index contributed by atoms with van der Waals surface area (Å²) in [6.45, 7) is 1.97. The Balaban J connectivity index is 1.70. The van der Waals surface area contributed by atoms with Crippen LogP contribution in [0.2, 0.25) is 5.02 Å². The summed E-state index contributed by atoms with van der Waals surface area (Å²) in [5, 5.41) is 9.59. The number of anilines is 1. The number of imidazole rings is 1. The number of methoxy groups -OCH3 is 2. The monoisotopic (exact) mass is 495 g/mol. The highest BCUT2D eigenvalue weighted by Gasteiger charge is 2.24. The maximum Gasteiger partial charge on any atom is 0.407 e. The summed E-state index contributed by atoms with van der Waals surface area (Å²) >= 11 is 9.88. The zero-order valence-electron chi connectivity index (χ0n) is 16.3. The summed E-state index contributed by atoms with van der Waals surface area (Å²) in [5.74, 6) is 2.34. The number of amides is 1. The van der Waals surface area contributed by atoms with Crippen molar-refractivity contribution in [3.05, 3.63) is 34.0 Å². The van der Waals surface area contributed by atoms with E-state index in [9.17, 15) is 4.79 Å². The average Bonchev–Trinajstić information content (AvgIpc) is 3.15. The molecule has 30 heavy (non-hydrogen) atoms. The van der Waals surface area contributed by atoms with Crippen molar-refractivity contribution in [2.75, 3.05) is 45.3 Å². The number of carbonyl (C=O) groups is 1. The van der Waals surface area contributed by atoms with Crippen molar-refractivity contribution < 1.29 is 19.4 Å². The van der Waals surface area contributed by atoms with Crippen LogP contribution in [0.25, 0.3) is 17.0 Å². The van der Waals surface area contributed by atoms with Crippen LogP contribution >= 0.6 is 27.5 Å². The van der Waals surface area contributed by atoms with Gasteiger partial charge in [0.2, 0.25) is 5.78 Å². The van der Waals surface area contributed by atoms with Crippen molar-refractivity contribution in [1.29, 1.82) is 0 Å². The van der Waals surface area contributed by atoms with E-state index in [-0.39, 0.29) is 0 Å². The van der Waals surface area contributed by atoms with Crippen LogP contribution in [0.4, 0.5) is 10.6 Å². The van der Waals surface area contributed by atoms with Gasteiger partial charge in [-0.15, -0.1) is 0 Å². The van der Waals surface area contributed by atoms with Gasteiger partial charge in [0.25, 0.3) is 0 Å². The summed E-state index contributed by atoms with van der Waals surface area (Å²) in [4.78, 5) is 23.9. The molecule has 4 rings (SSSR count). The van der Waals surface area contributed by atoms with Crippen molar-refractivity contribution in [2.45, 2.75) is 0 Å². The second-order valence-electron chi connectivity index (χ2n) is 6.69. The van der Waals surface area contributed by atoms with Crippen LogP contribution in [0.1, 0.15) is 0 Å². The van der Waals surface area contributed by atoms with Crippen LogP contribution in [-0.2, 0) is 0 Å². The number of nitrogens with zero attached hydrogens (tertiary/aromatic N) is 5. The first-order valence-corrected chi connectivity index (χ1v) is 10.3. The molecule has 1 aromatic carbocycles. The number of aromatic nitrogens is 3. The Morgan fingerprint density at radius 1 is 1.10 bits per heavy atom. The number of hydrogen-bond donors (Lipinski definition) is 1. The number of hydrogen-bond acceptors (Lipinski definition) is 6. The third kappa shape index (κ3) is 3.72. The number of piperazine rings is 1. The minimum Gasteiger partial charge on any atom is -0.496 e. The first kappa shape index (κ1) is 20.5. The van der Waals surface area contributed by atoms with Crippen LogP contribution in [0, 0.1) is 0 Å². The third-order valence-corrected chi connectivity index (χ3v) is 5.84. The Morgan fingerprint density at radius 2 is 1.80 bits per heavy atom. The third-order valence-electron chi connectivity index (χ3n) is 4.98. The summed E-state index contributed by atoms with van der Waals surface area (Å²) < 4.78 is 13.4. The molecular weight excluding hydrogens is 478 g/mol. The van der Waals surface area contributed by atoms with Gasteiger partial charge in [-0.2, -0.15) is 4.98 Å². The molecule has 1 amide bonds. The second-order valence-corrected chi connectivity index (χ2v) is 7.95. The Hall–Kier alpha value is -2.72. The van der Waals surface area contributed by atoms with Crippen LogP contribution in [0.15, 0.2) is 29.0 Å². The Bertz CT molecular complexity index is 1110. The Kier molecular flexibility index (Phi) is 5.61. The molecule has 0 saturated carbocycles. The second kappa shape index (κ2) is 8.19. The molecule has 0 bridgehead atoms. The number of carboxylic acid groups (broad SMARTS) is 1. The van der Waals surface area contributed by atoms with Gasteiger partial charge in [-0.1, -0.05) is 11.6 Å². The van der Waals surface area contributed by atoms with Gasteiger partial charge in [-0.25, -0.2) is 9.78 Å². The van der Waals surface area contributed by atoms with Gasteiger partial charge in [-0.05, 0) is 22.0 Å². The normalized spacial score (nSPS) is 14.3. The highest BCUT2D eigenvalue weighted by Crippen LogP contribution is 2.38. The minimum absolute atomic E-state index is 0.426. The molecule has 0 spiro atoms. The zero-order chi connectivity index (χ0) is 21.4. The van der Waals surface area contributed by atoms with Gasteiger partial charge in [0.1, 0.15) is 17.3 Å². The first-order valence-electron chi connectivity index (χ1n) is 9.11. The van der Waals surface area contributed by atoms with Crippen molar-refractivity contribution in [2.24, 2.45) is 0 Å². The summed E-state index contributed by atoms with van der Waals surface area (Å²) in [6, 6.07) is 3.47. The maximum absolute atomic E-state index is 11.1. The topological polar surface area (TPSA) is 92.4 Å². The summed E-state index contributed by atoms with van der Waals surface area (Å²) in [5.41, 5.74) is 1.38. The van der Waals surface area contributed by atoms with Gasteiger partial charge >= 0.3 is 6.09 Å². The first-order chi connectivity index (χ1) is 14.4. The van der Waals surface area contributed by atoms with Crippen molar-refractivity contribution in [3.8, 4) is 22.8 Å². The number of halogens is 2. The molecule has 1 aliphatic heterocycles. The Morgan fingerprint density at radius 3 is 2.43 bits per heavy atom. The lowest BCUT2D eigenvalue weighted by molar-refractivity contribution is 0.142. The lowest BCUT2D eigenvalue weighted by Gasteiger charge is -2.34. The summed E-state index contributed by atoms with van der Waals surface area (Å²) in [6.07, 6.45) is 2.83. The largest absolute Gasteiger partial charge is 0.496 e. The zero-order valence-corrected chi connectivity index (χ0v) is 18.6. The van der Waals surface area contributed by atoms with E-state index >= 15 is 0 Å². The molecule has 0 aliphatic carbocycles. The van der Waals surface area contributed by atoms with Gasteiger partial charge in [0.15, 0.2) is 0 Å². The van der Waals surface area contributed by atoms with Crippen molar-refractivity contribution in [3.63, 3.8) is 0 Å². The molecule has 0 unspecified atom stereocenters. The van der Waals surface area contributed by atoms with Crippen LogP contribution in [0.3, 0.4) is 0 Å². The highest BCUT2D eigenvalue weighted by atomic mass is 79.9. The van der Waals surface area contributed by atoms with E-state index in [0.717, 1.165) is 15.9 Å². The molecular formula is C19H19BrClN5O4. The van der Waals surface area contributed by atoms with E-state index in [1.54, 1.807) is 26.4 Å². The fourth-order valence-electron chi connectivity index (χ4n) is 3.41. The van der Waals surface area contributed by atoms with Crippen molar-refractivity contribution >= 4 is 45.2 Å². The molecule has 1 N–H and O–H groups in total. The van der Waals surface area contributed by atoms with Gasteiger partial charge in [0, 0.05) is 50.2 Å². The molecule has 1 aliphatic rings. The van der Waals surface area contributed by atoms with E-state index < -0.39 is 6.09 Å². The van der Waals surface area contributed by atoms with E-state index in [1.807, 2.05) is 21.7 Å². The average molecular weight is 497 g/mol. The van der Waals surface area contributed by atoms with E-state index in [0.29, 0.717) is 54.2 Å². The van der Waals surface area contributed by atoms with Gasteiger partial charge in [-0.3, -0.25) is 4.40 Å². The van der Waals surface area contributed by atoms with E-state index in [4.69, 9.17) is 31.2 Å². The molecule has 1 saturated heterocycles. The quantitative estimate of drug-likeness (QED) is 0.590. The fraction of sp³-hybridized carbons (Fsp3) is 0.316.